The van der Waals surface area contributed by atoms with E-state index in [2.05, 4.69) is 58.1 Å². The van der Waals surface area contributed by atoms with Gasteiger partial charge in [0.2, 0.25) is 0 Å². The molecule has 6 rings (SSSR count). The zero-order valence-electron chi connectivity index (χ0n) is 26.8. The average molecular weight is 599 g/mol. The van der Waals surface area contributed by atoms with Crippen molar-refractivity contribution in [3.8, 4) is 11.4 Å². The van der Waals surface area contributed by atoms with Crippen LogP contribution in [0, 0.1) is 18.3 Å². The predicted molar refractivity (Wildman–Crippen MR) is 174 cm³/mol. The Kier molecular flexibility index (Phi) is 8.71. The van der Waals surface area contributed by atoms with Crippen LogP contribution in [-0.2, 0) is 17.7 Å². The van der Waals surface area contributed by atoms with Crippen molar-refractivity contribution in [3.63, 3.8) is 0 Å². The number of aromatic nitrogens is 4. The molecule has 2 aliphatic heterocycles. The summed E-state index contributed by atoms with van der Waals surface area (Å²) in [7, 11) is 0. The lowest BCUT2D eigenvalue weighted by molar-refractivity contribution is 0.0924. The number of benzene rings is 1. The summed E-state index contributed by atoms with van der Waals surface area (Å²) in [6.45, 7) is 14.6. The van der Waals surface area contributed by atoms with Crippen LogP contribution in [0.1, 0.15) is 70.5 Å². The predicted octanol–water partition coefficient (Wildman–Crippen LogP) is 5.76. The van der Waals surface area contributed by atoms with Crippen molar-refractivity contribution >= 4 is 23.4 Å². The number of fused-ring (bicyclic) bond motifs is 1. The lowest BCUT2D eigenvalue weighted by Gasteiger charge is -2.40. The maximum Gasteiger partial charge on any atom is 0.319 e. The zero-order chi connectivity index (χ0) is 30.8. The standard InChI is InChI=1S/C34H46N8O2/c1-6-26-21-44-18-17-42(26)32-27-14-16-41(30-13-15-35-22(2)36-30)20-29(27)38-31(40-32)23-7-10-25(11-8-23)37-33(43)39-28-12-9-24(28)19-34(3,4)5/h7-8,10-11,13,15,24,26,28H,6,9,12,14,16-21H2,1-5H3,(H2,37,39,43). The minimum absolute atomic E-state index is 0.147. The number of ether oxygens (including phenoxy) is 1. The Labute approximate surface area is 261 Å². The molecule has 44 heavy (non-hydrogen) atoms. The van der Waals surface area contributed by atoms with E-state index < -0.39 is 0 Å². The topological polar surface area (TPSA) is 108 Å². The van der Waals surface area contributed by atoms with E-state index in [1.165, 1.54) is 12.0 Å². The Bertz CT molecular complexity index is 1470. The number of hydrogen-bond donors (Lipinski definition) is 2. The number of carbonyl (C=O) groups excluding carboxylic acids is 1. The van der Waals surface area contributed by atoms with Crippen molar-refractivity contribution in [2.24, 2.45) is 11.3 Å². The van der Waals surface area contributed by atoms with E-state index in [9.17, 15) is 4.79 Å². The van der Waals surface area contributed by atoms with E-state index in [-0.39, 0.29) is 23.5 Å². The highest BCUT2D eigenvalue weighted by atomic mass is 16.5. The number of amides is 2. The largest absolute Gasteiger partial charge is 0.377 e. The van der Waals surface area contributed by atoms with E-state index in [1.807, 2.05) is 43.5 Å². The summed E-state index contributed by atoms with van der Waals surface area (Å²) in [6, 6.07) is 10.2. The molecule has 3 aliphatic rings. The molecule has 1 saturated carbocycles. The molecule has 0 bridgehead atoms. The summed E-state index contributed by atoms with van der Waals surface area (Å²) in [4.78, 5) is 36.8. The summed E-state index contributed by atoms with van der Waals surface area (Å²) in [5, 5.41) is 6.21. The summed E-state index contributed by atoms with van der Waals surface area (Å²) in [5.41, 5.74) is 4.18. The second-order valence-electron chi connectivity index (χ2n) is 13.6. The highest BCUT2D eigenvalue weighted by Crippen LogP contribution is 2.37. The van der Waals surface area contributed by atoms with Gasteiger partial charge < -0.3 is 25.2 Å². The Hall–Kier alpha value is -3.79. The normalized spacial score (nSPS) is 21.8. The first-order valence-electron chi connectivity index (χ1n) is 16.1. The number of morpholine rings is 1. The average Bonchev–Trinajstić information content (AvgIpc) is 3.01. The first-order valence-corrected chi connectivity index (χ1v) is 16.1. The zero-order valence-corrected chi connectivity index (χ0v) is 26.8. The third-order valence-electron chi connectivity index (χ3n) is 9.11. The molecule has 3 unspecified atom stereocenters. The van der Waals surface area contributed by atoms with Gasteiger partial charge >= 0.3 is 6.03 Å². The summed E-state index contributed by atoms with van der Waals surface area (Å²) < 4.78 is 5.83. The maximum absolute atomic E-state index is 12.8. The molecule has 1 aliphatic carbocycles. The first kappa shape index (κ1) is 30.2. The quantitative estimate of drug-likeness (QED) is 0.354. The van der Waals surface area contributed by atoms with E-state index in [1.54, 1.807) is 0 Å². The monoisotopic (exact) mass is 598 g/mol. The number of carbonyl (C=O) groups is 1. The molecular weight excluding hydrogens is 552 g/mol. The van der Waals surface area contributed by atoms with Gasteiger partial charge in [-0.2, -0.15) is 0 Å². The smallest absolute Gasteiger partial charge is 0.319 e. The lowest BCUT2D eigenvalue weighted by atomic mass is 9.71. The lowest BCUT2D eigenvalue weighted by Crippen LogP contribution is -2.49. The van der Waals surface area contributed by atoms with E-state index >= 15 is 0 Å². The molecule has 0 radical (unpaired) electrons. The van der Waals surface area contributed by atoms with Gasteiger partial charge in [0.05, 0.1) is 31.5 Å². The fourth-order valence-corrected chi connectivity index (χ4v) is 6.69. The number of urea groups is 1. The summed E-state index contributed by atoms with van der Waals surface area (Å²) >= 11 is 0. The fourth-order valence-electron chi connectivity index (χ4n) is 6.69. The van der Waals surface area contributed by atoms with Gasteiger partial charge in [-0.25, -0.2) is 24.7 Å². The fraction of sp³-hybridized carbons (Fsp3) is 0.559. The molecule has 234 valence electrons. The molecule has 10 nitrogen and oxygen atoms in total. The molecule has 10 heteroatoms. The molecule has 0 spiro atoms. The molecule has 3 aromatic rings. The van der Waals surface area contributed by atoms with Crippen LogP contribution in [0.2, 0.25) is 0 Å². The van der Waals surface area contributed by atoms with Crippen LogP contribution in [0.5, 0.6) is 0 Å². The summed E-state index contributed by atoms with van der Waals surface area (Å²) in [6.07, 6.45) is 6.99. The Morgan fingerprint density at radius 2 is 1.89 bits per heavy atom. The van der Waals surface area contributed by atoms with Crippen LogP contribution in [0.3, 0.4) is 0 Å². The van der Waals surface area contributed by atoms with Crippen LogP contribution in [0.25, 0.3) is 11.4 Å². The first-order chi connectivity index (χ1) is 21.2. The third-order valence-corrected chi connectivity index (χ3v) is 9.11. The number of nitrogens with one attached hydrogen (secondary N) is 2. The van der Waals surface area contributed by atoms with Crippen molar-refractivity contribution < 1.29 is 9.53 Å². The van der Waals surface area contributed by atoms with Crippen molar-refractivity contribution in [3.05, 3.63) is 53.6 Å². The second kappa shape index (κ2) is 12.7. The van der Waals surface area contributed by atoms with Crippen LogP contribution in [0.4, 0.5) is 22.1 Å². The molecule has 2 N–H and O–H groups in total. The number of aryl methyl sites for hydroxylation is 1. The van der Waals surface area contributed by atoms with Gasteiger partial charge in [-0.3, -0.25) is 0 Å². The molecule has 1 aromatic carbocycles. The van der Waals surface area contributed by atoms with Crippen molar-refractivity contribution in [1.82, 2.24) is 25.3 Å². The number of rotatable bonds is 7. The van der Waals surface area contributed by atoms with E-state index in [4.69, 9.17) is 14.7 Å². The molecule has 2 amide bonds. The third kappa shape index (κ3) is 6.80. The Balaban J connectivity index is 1.23. The molecule has 1 saturated heterocycles. The van der Waals surface area contributed by atoms with E-state index in [0.29, 0.717) is 31.5 Å². The molecular formula is C34H46N8O2. The highest BCUT2D eigenvalue weighted by Gasteiger charge is 2.35. The van der Waals surface area contributed by atoms with Crippen molar-refractivity contribution in [2.45, 2.75) is 85.4 Å². The Morgan fingerprint density at radius 3 is 2.59 bits per heavy atom. The Morgan fingerprint density at radius 1 is 1.07 bits per heavy atom. The molecule has 3 atom stereocenters. The molecule has 2 fully saturated rings. The van der Waals surface area contributed by atoms with Crippen molar-refractivity contribution in [2.75, 3.05) is 41.4 Å². The van der Waals surface area contributed by atoms with Crippen LogP contribution in [-0.4, -0.2) is 64.4 Å². The highest BCUT2D eigenvalue weighted by molar-refractivity contribution is 5.89. The van der Waals surface area contributed by atoms with Crippen LogP contribution in [0.15, 0.2) is 36.5 Å². The maximum atomic E-state index is 12.8. The van der Waals surface area contributed by atoms with Gasteiger partial charge in [0.15, 0.2) is 5.82 Å². The molecule has 4 heterocycles. The van der Waals surface area contributed by atoms with Crippen molar-refractivity contribution in [1.29, 1.82) is 0 Å². The van der Waals surface area contributed by atoms with Gasteiger partial charge in [0.1, 0.15) is 17.5 Å². The molecule has 2 aromatic heterocycles. The number of nitrogens with zero attached hydrogens (tertiary/aromatic N) is 6. The van der Waals surface area contributed by atoms with Gasteiger partial charge in [-0.05, 0) is 80.7 Å². The SMILES string of the molecule is CCC1COCCN1c1nc(-c2ccc(NC(=O)NC3CCC3CC(C)(C)C)cc2)nc2c1CCN(c1ccnc(C)n1)C2. The number of hydrogen-bond acceptors (Lipinski definition) is 8. The second-order valence-corrected chi connectivity index (χ2v) is 13.6. The van der Waals surface area contributed by atoms with Gasteiger partial charge in [-0.15, -0.1) is 0 Å². The van der Waals surface area contributed by atoms with Gasteiger partial charge in [-0.1, -0.05) is 27.7 Å². The number of anilines is 3. The minimum atomic E-state index is -0.147. The van der Waals surface area contributed by atoms with E-state index in [0.717, 1.165) is 73.2 Å². The summed E-state index contributed by atoms with van der Waals surface area (Å²) in [5.74, 6) is 3.94. The van der Waals surface area contributed by atoms with Gasteiger partial charge in [0.25, 0.3) is 0 Å². The van der Waals surface area contributed by atoms with Gasteiger partial charge in [0, 0.05) is 42.1 Å². The van der Waals surface area contributed by atoms with Crippen LogP contribution >= 0.6 is 0 Å². The minimum Gasteiger partial charge on any atom is -0.377 e. The van der Waals surface area contributed by atoms with Crippen LogP contribution < -0.4 is 20.4 Å².